The molecule has 0 saturated carbocycles. The Kier molecular flexibility index (Phi) is 8.45. The van der Waals surface area contributed by atoms with E-state index in [1.54, 1.807) is 19.1 Å². The van der Waals surface area contributed by atoms with Crippen molar-refractivity contribution in [1.82, 2.24) is 0 Å². The van der Waals surface area contributed by atoms with Crippen LogP contribution >= 0.6 is 0 Å². The van der Waals surface area contributed by atoms with Crippen LogP contribution in [0.5, 0.6) is 0 Å². The molecule has 0 aliphatic heterocycles. The summed E-state index contributed by atoms with van der Waals surface area (Å²) in [5, 5.41) is 0. The summed E-state index contributed by atoms with van der Waals surface area (Å²) >= 11 is 0. The molecule has 0 N–H and O–H groups in total. The molecule has 0 spiro atoms. The van der Waals surface area contributed by atoms with E-state index in [0.29, 0.717) is 11.4 Å². The topological polar surface area (TPSA) is 87.4 Å². The minimum atomic E-state index is 0. The summed E-state index contributed by atoms with van der Waals surface area (Å²) in [7, 11) is 0. The quantitative estimate of drug-likeness (QED) is 0.458. The van der Waals surface area contributed by atoms with E-state index in [0.717, 1.165) is 5.56 Å². The van der Waals surface area contributed by atoms with E-state index < -0.39 is 0 Å². The SMILES string of the molecule is Cc1ccc(N=C=O)cc1N=C=O.[O-2].[Zn+2]. The number of carbonyl (C=O) groups excluding carboxylic acids is 2. The molecule has 72 valence electrons. The van der Waals surface area contributed by atoms with Crippen LogP contribution in [0.15, 0.2) is 28.2 Å². The van der Waals surface area contributed by atoms with Crippen molar-refractivity contribution in [2.45, 2.75) is 6.92 Å². The molecule has 0 saturated heterocycles. The third kappa shape index (κ3) is 4.54. The van der Waals surface area contributed by atoms with Gasteiger partial charge in [-0.15, -0.1) is 0 Å². The van der Waals surface area contributed by atoms with Crippen molar-refractivity contribution in [2.24, 2.45) is 9.98 Å². The number of aryl methyl sites for hydroxylation is 1. The zero-order valence-corrected chi connectivity index (χ0v) is 11.0. The maximum absolute atomic E-state index is 10.00. The molecule has 0 aromatic heterocycles. The first kappa shape index (κ1) is 16.0. The summed E-state index contributed by atoms with van der Waals surface area (Å²) in [5.41, 5.74) is 1.72. The monoisotopic (exact) mass is 254 g/mol. The number of aliphatic imine (C=N–C) groups is 2. The number of rotatable bonds is 2. The fourth-order valence-electron chi connectivity index (χ4n) is 0.890. The van der Waals surface area contributed by atoms with Crippen LogP contribution in [0.2, 0.25) is 0 Å². The molecule has 0 atom stereocenters. The van der Waals surface area contributed by atoms with Gasteiger partial charge < -0.3 is 5.48 Å². The van der Waals surface area contributed by atoms with Crippen molar-refractivity contribution in [3.63, 3.8) is 0 Å². The molecule has 1 rings (SSSR count). The van der Waals surface area contributed by atoms with Crippen LogP contribution in [0.3, 0.4) is 0 Å². The second-order valence-corrected chi connectivity index (χ2v) is 2.38. The number of isocyanates is 2. The number of hydrogen-bond donors (Lipinski definition) is 0. The summed E-state index contributed by atoms with van der Waals surface area (Å²) in [6, 6.07) is 4.88. The van der Waals surface area contributed by atoms with Crippen molar-refractivity contribution in [3.05, 3.63) is 23.8 Å². The predicted molar refractivity (Wildman–Crippen MR) is 47.4 cm³/mol. The van der Waals surface area contributed by atoms with Crippen molar-refractivity contribution < 1.29 is 34.5 Å². The Bertz CT molecular complexity index is 421. The van der Waals surface area contributed by atoms with Gasteiger partial charge in [0.05, 0.1) is 11.4 Å². The molecule has 1 aromatic rings. The first-order chi connectivity index (χ1) is 6.27. The molecule has 5 nitrogen and oxygen atoms in total. The van der Waals surface area contributed by atoms with E-state index in [1.807, 2.05) is 0 Å². The molecule has 0 bridgehead atoms. The molecular formula is C9H6N2O3Zn. The van der Waals surface area contributed by atoms with Crippen LogP contribution in [0.4, 0.5) is 11.4 Å². The summed E-state index contributed by atoms with van der Waals surface area (Å²) < 4.78 is 0. The summed E-state index contributed by atoms with van der Waals surface area (Å²) in [4.78, 5) is 26.8. The predicted octanol–water partition coefficient (Wildman–Crippen LogP) is 1.81. The standard InChI is InChI=1S/C9H6N2O2.O.Zn/c1-7-2-3-8(10-5-12)4-9(7)11-6-13;;/h2-4H,1H3;;/q;-2;+2. The largest absolute Gasteiger partial charge is 2.00 e. The van der Waals surface area contributed by atoms with Crippen LogP contribution < -0.4 is 0 Å². The molecule has 0 unspecified atom stereocenters. The summed E-state index contributed by atoms with van der Waals surface area (Å²) in [6.07, 6.45) is 2.84. The maximum atomic E-state index is 10.00. The second kappa shape index (κ2) is 7.92. The molecule has 6 heteroatoms. The minimum Gasteiger partial charge on any atom is -2.00 e. The smallest absolute Gasteiger partial charge is 2.00 e. The Morgan fingerprint density at radius 1 is 1.13 bits per heavy atom. The molecule has 0 radical (unpaired) electrons. The van der Waals surface area contributed by atoms with Gasteiger partial charge in [0.2, 0.25) is 12.2 Å². The van der Waals surface area contributed by atoms with Gasteiger partial charge in [-0.2, -0.15) is 9.98 Å². The molecule has 0 fully saturated rings. The van der Waals surface area contributed by atoms with Crippen LogP contribution in [-0.4, -0.2) is 12.2 Å². The first-order valence-corrected chi connectivity index (χ1v) is 3.54. The molecule has 15 heavy (non-hydrogen) atoms. The normalized spacial score (nSPS) is 7.27. The third-order valence-corrected chi connectivity index (χ3v) is 1.53. The molecule has 0 heterocycles. The van der Waals surface area contributed by atoms with Gasteiger partial charge in [-0.05, 0) is 24.6 Å². The molecule has 0 amide bonds. The first-order valence-electron chi connectivity index (χ1n) is 3.54. The van der Waals surface area contributed by atoms with E-state index >= 15 is 0 Å². The van der Waals surface area contributed by atoms with Crippen LogP contribution in [0.1, 0.15) is 5.56 Å². The van der Waals surface area contributed by atoms with E-state index in [9.17, 15) is 9.59 Å². The zero-order valence-electron chi connectivity index (χ0n) is 8.06. The van der Waals surface area contributed by atoms with Crippen LogP contribution in [0.25, 0.3) is 0 Å². The number of nitrogens with zero attached hydrogens (tertiary/aromatic N) is 2. The van der Waals surface area contributed by atoms with Crippen molar-refractivity contribution in [2.75, 3.05) is 0 Å². The summed E-state index contributed by atoms with van der Waals surface area (Å²) in [5.74, 6) is 0. The fourth-order valence-corrected chi connectivity index (χ4v) is 0.890. The Morgan fingerprint density at radius 3 is 2.27 bits per heavy atom. The van der Waals surface area contributed by atoms with Gasteiger partial charge in [0.15, 0.2) is 0 Å². The minimum absolute atomic E-state index is 0. The molecule has 1 aromatic carbocycles. The van der Waals surface area contributed by atoms with Crippen LogP contribution in [-0.2, 0) is 34.5 Å². The average Bonchev–Trinajstić information content (AvgIpc) is 2.12. The van der Waals surface area contributed by atoms with Crippen LogP contribution in [0, 0.1) is 6.92 Å². The van der Waals surface area contributed by atoms with Crippen molar-refractivity contribution in [3.8, 4) is 0 Å². The average molecular weight is 256 g/mol. The number of hydrogen-bond acceptors (Lipinski definition) is 4. The van der Waals surface area contributed by atoms with Gasteiger partial charge in [-0.25, -0.2) is 9.59 Å². The summed E-state index contributed by atoms with van der Waals surface area (Å²) in [6.45, 7) is 1.80. The van der Waals surface area contributed by atoms with Gasteiger partial charge in [0.1, 0.15) is 0 Å². The zero-order chi connectivity index (χ0) is 9.68. The van der Waals surface area contributed by atoms with Gasteiger partial charge >= 0.3 is 19.5 Å². The van der Waals surface area contributed by atoms with Crippen molar-refractivity contribution >= 4 is 23.5 Å². The molecular weight excluding hydrogens is 249 g/mol. The van der Waals surface area contributed by atoms with E-state index in [2.05, 4.69) is 9.98 Å². The van der Waals surface area contributed by atoms with Gasteiger partial charge in [-0.3, -0.25) is 0 Å². The second-order valence-electron chi connectivity index (χ2n) is 2.38. The van der Waals surface area contributed by atoms with E-state index in [-0.39, 0.29) is 25.0 Å². The van der Waals surface area contributed by atoms with E-state index in [4.69, 9.17) is 0 Å². The fraction of sp³-hybridized carbons (Fsp3) is 0.111. The van der Waals surface area contributed by atoms with Gasteiger partial charge in [0.25, 0.3) is 0 Å². The third-order valence-electron chi connectivity index (χ3n) is 1.53. The Morgan fingerprint density at radius 2 is 1.73 bits per heavy atom. The van der Waals surface area contributed by atoms with E-state index in [1.165, 1.54) is 18.2 Å². The molecule has 0 aliphatic rings. The molecule has 0 aliphatic carbocycles. The van der Waals surface area contributed by atoms with Gasteiger partial charge in [0, 0.05) is 0 Å². The van der Waals surface area contributed by atoms with Crippen molar-refractivity contribution in [1.29, 1.82) is 0 Å². The van der Waals surface area contributed by atoms with Gasteiger partial charge in [-0.1, -0.05) is 6.07 Å². The Hall–Kier alpha value is -1.44. The number of benzene rings is 1. The Balaban J connectivity index is 0. The maximum Gasteiger partial charge on any atom is 2.00 e. The Labute approximate surface area is 99.0 Å².